The molecule has 6 heteroatoms. The van der Waals surface area contributed by atoms with Crippen molar-refractivity contribution >= 4 is 24.1 Å². The van der Waals surface area contributed by atoms with Crippen LogP contribution in [0.4, 0.5) is 0 Å². The summed E-state index contributed by atoms with van der Waals surface area (Å²) in [7, 11) is 1.82. The van der Waals surface area contributed by atoms with Crippen LogP contribution < -0.4 is 5.32 Å². The number of likely N-dealkylation sites (N-methyl/N-ethyl adjacent to an activating group) is 1. The average Bonchev–Trinajstić information content (AvgIpc) is 2.95. The van der Waals surface area contributed by atoms with Crippen LogP contribution in [0.3, 0.4) is 0 Å². The molecule has 1 aliphatic heterocycles. The SMILES string of the molecule is CC(=O)c1c(C)[nH]c(C(=O)N(C)C2CCNC2)c1C.Cl. The standard InChI is InChI=1S/C14H21N3O2.ClH/c1-8-12(10(3)18)9(2)16-13(8)14(19)17(4)11-5-6-15-7-11;/h11,15-16H,5-7H2,1-4H3;1H. The minimum absolute atomic E-state index is 0. The van der Waals surface area contributed by atoms with Crippen LogP contribution >= 0.6 is 12.4 Å². The van der Waals surface area contributed by atoms with Gasteiger partial charge in [0.1, 0.15) is 5.69 Å². The fourth-order valence-electron chi connectivity index (χ4n) is 2.80. The molecule has 1 atom stereocenters. The molecule has 1 aliphatic rings. The zero-order valence-electron chi connectivity index (χ0n) is 12.4. The van der Waals surface area contributed by atoms with Gasteiger partial charge in [0.15, 0.2) is 5.78 Å². The van der Waals surface area contributed by atoms with Gasteiger partial charge in [0.2, 0.25) is 0 Å². The van der Waals surface area contributed by atoms with Crippen molar-refractivity contribution in [2.24, 2.45) is 0 Å². The van der Waals surface area contributed by atoms with Crippen molar-refractivity contribution in [1.29, 1.82) is 0 Å². The van der Waals surface area contributed by atoms with E-state index in [2.05, 4.69) is 10.3 Å². The van der Waals surface area contributed by atoms with Crippen molar-refractivity contribution in [1.82, 2.24) is 15.2 Å². The van der Waals surface area contributed by atoms with E-state index in [0.717, 1.165) is 30.8 Å². The summed E-state index contributed by atoms with van der Waals surface area (Å²) < 4.78 is 0. The maximum atomic E-state index is 12.5. The lowest BCUT2D eigenvalue weighted by molar-refractivity contribution is 0.0737. The highest BCUT2D eigenvalue weighted by Gasteiger charge is 2.27. The summed E-state index contributed by atoms with van der Waals surface area (Å²) in [6, 6.07) is 0.233. The van der Waals surface area contributed by atoms with Gasteiger partial charge in [0.05, 0.1) is 0 Å². The number of ketones is 1. The molecule has 1 amide bonds. The number of Topliss-reactive ketones (excluding diaryl/α,β-unsaturated/α-hetero) is 1. The molecule has 0 saturated carbocycles. The highest BCUT2D eigenvalue weighted by atomic mass is 35.5. The van der Waals surface area contributed by atoms with Crippen LogP contribution in [-0.2, 0) is 0 Å². The van der Waals surface area contributed by atoms with Gasteiger partial charge in [-0.15, -0.1) is 12.4 Å². The fraction of sp³-hybridized carbons (Fsp3) is 0.571. The Morgan fingerprint density at radius 3 is 2.40 bits per heavy atom. The van der Waals surface area contributed by atoms with E-state index < -0.39 is 0 Å². The van der Waals surface area contributed by atoms with Gasteiger partial charge >= 0.3 is 0 Å². The Kier molecular flexibility index (Phi) is 5.36. The van der Waals surface area contributed by atoms with E-state index in [-0.39, 0.29) is 30.1 Å². The van der Waals surface area contributed by atoms with E-state index in [1.807, 2.05) is 20.9 Å². The van der Waals surface area contributed by atoms with Gasteiger partial charge in [0.25, 0.3) is 5.91 Å². The lowest BCUT2D eigenvalue weighted by atomic mass is 10.1. The molecule has 20 heavy (non-hydrogen) atoms. The maximum absolute atomic E-state index is 12.5. The molecule has 1 unspecified atom stereocenters. The van der Waals surface area contributed by atoms with Crippen molar-refractivity contribution in [3.05, 3.63) is 22.5 Å². The van der Waals surface area contributed by atoms with Gasteiger partial charge < -0.3 is 15.2 Å². The number of aromatic amines is 1. The molecule has 2 heterocycles. The smallest absolute Gasteiger partial charge is 0.270 e. The van der Waals surface area contributed by atoms with Gasteiger partial charge in [0, 0.05) is 30.9 Å². The van der Waals surface area contributed by atoms with Crippen LogP contribution in [0.1, 0.15) is 45.4 Å². The number of aryl methyl sites for hydroxylation is 1. The predicted molar refractivity (Wildman–Crippen MR) is 80.9 cm³/mol. The van der Waals surface area contributed by atoms with Crippen molar-refractivity contribution in [3.63, 3.8) is 0 Å². The molecule has 0 bridgehead atoms. The lowest BCUT2D eigenvalue weighted by Crippen LogP contribution is -2.38. The topological polar surface area (TPSA) is 65.2 Å². The number of halogens is 1. The lowest BCUT2D eigenvalue weighted by Gasteiger charge is -2.23. The molecule has 2 rings (SSSR count). The number of hydrogen-bond acceptors (Lipinski definition) is 3. The number of rotatable bonds is 3. The molecule has 2 N–H and O–H groups in total. The van der Waals surface area contributed by atoms with Gasteiger partial charge in [-0.2, -0.15) is 0 Å². The zero-order chi connectivity index (χ0) is 14.2. The average molecular weight is 300 g/mol. The molecular weight excluding hydrogens is 278 g/mol. The quantitative estimate of drug-likeness (QED) is 0.835. The summed E-state index contributed by atoms with van der Waals surface area (Å²) in [5.41, 5.74) is 2.71. The first-order valence-electron chi connectivity index (χ1n) is 6.61. The summed E-state index contributed by atoms with van der Waals surface area (Å²) >= 11 is 0. The Morgan fingerprint density at radius 1 is 1.30 bits per heavy atom. The monoisotopic (exact) mass is 299 g/mol. The third kappa shape index (κ3) is 2.88. The number of amides is 1. The zero-order valence-corrected chi connectivity index (χ0v) is 13.2. The van der Waals surface area contributed by atoms with Crippen LogP contribution in [0.5, 0.6) is 0 Å². The molecule has 1 aromatic rings. The van der Waals surface area contributed by atoms with Crippen LogP contribution in [0.2, 0.25) is 0 Å². The van der Waals surface area contributed by atoms with Gasteiger partial charge in [-0.05, 0) is 39.3 Å². The summed E-state index contributed by atoms with van der Waals surface area (Å²) in [5, 5.41) is 3.25. The largest absolute Gasteiger partial charge is 0.354 e. The molecule has 0 aromatic carbocycles. The highest BCUT2D eigenvalue weighted by Crippen LogP contribution is 2.21. The van der Waals surface area contributed by atoms with Crippen LogP contribution in [-0.4, -0.2) is 47.8 Å². The second-order valence-corrected chi connectivity index (χ2v) is 5.24. The second-order valence-electron chi connectivity index (χ2n) is 5.24. The maximum Gasteiger partial charge on any atom is 0.270 e. The van der Waals surface area contributed by atoms with E-state index in [9.17, 15) is 9.59 Å². The van der Waals surface area contributed by atoms with E-state index in [1.165, 1.54) is 6.92 Å². The molecule has 0 aliphatic carbocycles. The molecule has 0 spiro atoms. The summed E-state index contributed by atoms with van der Waals surface area (Å²) in [6.07, 6.45) is 0.973. The summed E-state index contributed by atoms with van der Waals surface area (Å²) in [4.78, 5) is 28.9. The first-order valence-corrected chi connectivity index (χ1v) is 6.61. The number of carbonyl (C=O) groups excluding carboxylic acids is 2. The fourth-order valence-corrected chi connectivity index (χ4v) is 2.80. The Morgan fingerprint density at radius 2 is 1.95 bits per heavy atom. The molecule has 112 valence electrons. The van der Waals surface area contributed by atoms with Crippen molar-refractivity contribution < 1.29 is 9.59 Å². The Hall–Kier alpha value is -1.33. The van der Waals surface area contributed by atoms with E-state index >= 15 is 0 Å². The first kappa shape index (κ1) is 16.7. The molecule has 1 saturated heterocycles. The third-order valence-corrected chi connectivity index (χ3v) is 3.91. The number of aromatic nitrogens is 1. The number of carbonyl (C=O) groups is 2. The molecule has 1 aromatic heterocycles. The summed E-state index contributed by atoms with van der Waals surface area (Å²) in [6.45, 7) is 6.97. The third-order valence-electron chi connectivity index (χ3n) is 3.91. The molecular formula is C14H22ClN3O2. The van der Waals surface area contributed by atoms with Gasteiger partial charge in [-0.25, -0.2) is 0 Å². The van der Waals surface area contributed by atoms with Crippen LogP contribution in [0, 0.1) is 13.8 Å². The normalized spacial score (nSPS) is 17.7. The first-order chi connectivity index (χ1) is 8.93. The predicted octanol–water partition coefficient (Wildman–Crippen LogP) is 1.69. The van der Waals surface area contributed by atoms with Gasteiger partial charge in [-0.1, -0.05) is 0 Å². The number of nitrogens with one attached hydrogen (secondary N) is 2. The highest BCUT2D eigenvalue weighted by molar-refractivity contribution is 6.02. The number of H-pyrrole nitrogens is 1. The van der Waals surface area contributed by atoms with Crippen LogP contribution in [0.15, 0.2) is 0 Å². The minimum atomic E-state index is -0.0400. The molecule has 0 radical (unpaired) electrons. The van der Waals surface area contributed by atoms with Crippen molar-refractivity contribution in [2.75, 3.05) is 20.1 Å². The van der Waals surface area contributed by atoms with E-state index in [4.69, 9.17) is 0 Å². The van der Waals surface area contributed by atoms with E-state index in [1.54, 1.807) is 4.90 Å². The molecule has 5 nitrogen and oxygen atoms in total. The number of nitrogens with zero attached hydrogens (tertiary/aromatic N) is 1. The Labute approximate surface area is 125 Å². The second kappa shape index (κ2) is 6.41. The van der Waals surface area contributed by atoms with Crippen molar-refractivity contribution in [3.8, 4) is 0 Å². The minimum Gasteiger partial charge on any atom is -0.354 e. The van der Waals surface area contributed by atoms with E-state index in [0.29, 0.717) is 11.3 Å². The Bertz CT molecular complexity index is 519. The number of hydrogen-bond donors (Lipinski definition) is 2. The van der Waals surface area contributed by atoms with Gasteiger partial charge in [-0.3, -0.25) is 9.59 Å². The Balaban J connectivity index is 0.00000200. The van der Waals surface area contributed by atoms with Crippen molar-refractivity contribution in [2.45, 2.75) is 33.2 Å². The van der Waals surface area contributed by atoms with Crippen LogP contribution in [0.25, 0.3) is 0 Å². The summed E-state index contributed by atoms with van der Waals surface area (Å²) in [5.74, 6) is -0.0442. The molecule has 1 fully saturated rings.